The molecule has 226 valence electrons. The van der Waals surface area contributed by atoms with Crippen LogP contribution >= 0.6 is 0 Å². The van der Waals surface area contributed by atoms with Gasteiger partial charge in [-0.1, -0.05) is 60.5 Å². The predicted octanol–water partition coefficient (Wildman–Crippen LogP) is 6.14. The Balaban J connectivity index is 1.55. The van der Waals surface area contributed by atoms with Crippen LogP contribution in [0.4, 0.5) is 0 Å². The summed E-state index contributed by atoms with van der Waals surface area (Å²) < 4.78 is 5.65. The molecule has 0 aromatic carbocycles. The summed E-state index contributed by atoms with van der Waals surface area (Å²) in [6.45, 7) is 17.7. The fraction of sp³-hybridized carbons (Fsp3) is 0.800. The van der Waals surface area contributed by atoms with Gasteiger partial charge in [0.1, 0.15) is 6.11 Å². The molecule has 0 aromatic rings. The molecule has 5 aliphatic rings. The molecule has 0 saturated heterocycles. The zero-order valence-corrected chi connectivity index (χ0v) is 26.6. The molecule has 0 radical (unpaired) electrons. The van der Waals surface area contributed by atoms with Crippen LogP contribution in [0.1, 0.15) is 113 Å². The first kappa shape index (κ1) is 30.2. The molecule has 6 heteroatoms. The normalized spacial score (nSPS) is 47.2. The smallest absolute Gasteiger partial charge is 0.223 e. The Bertz CT molecular complexity index is 1230. The lowest BCUT2D eigenvalue weighted by Gasteiger charge is -2.71. The van der Waals surface area contributed by atoms with Gasteiger partial charge >= 0.3 is 0 Å². The van der Waals surface area contributed by atoms with Crippen LogP contribution in [-0.2, 0) is 19.1 Å². The van der Waals surface area contributed by atoms with E-state index in [1.54, 1.807) is 0 Å². The van der Waals surface area contributed by atoms with Crippen LogP contribution in [0.3, 0.4) is 0 Å². The number of nitrogens with two attached hydrogens (primary N) is 1. The van der Waals surface area contributed by atoms with Crippen molar-refractivity contribution >= 4 is 17.6 Å². The number of rotatable bonds is 4. The third kappa shape index (κ3) is 4.07. The number of allylic oxidation sites excluding steroid dienone is 2. The minimum absolute atomic E-state index is 0.0503. The third-order valence-corrected chi connectivity index (χ3v) is 14.2. The van der Waals surface area contributed by atoms with Crippen molar-refractivity contribution in [3.05, 3.63) is 11.6 Å². The number of hydrogen-bond donors (Lipinski definition) is 2. The molecule has 4 fully saturated rings. The Morgan fingerprint density at radius 1 is 1.02 bits per heavy atom. The fourth-order valence-corrected chi connectivity index (χ4v) is 11.5. The summed E-state index contributed by atoms with van der Waals surface area (Å²) in [7, 11) is 0. The highest BCUT2D eigenvalue weighted by Gasteiger charge is 2.70. The van der Waals surface area contributed by atoms with Gasteiger partial charge in [-0.3, -0.25) is 14.4 Å². The highest BCUT2D eigenvalue weighted by atomic mass is 16.5. The highest BCUT2D eigenvalue weighted by Crippen LogP contribution is 2.75. The standard InChI is InChI=1S/C35H52N2O4/c1-10-41-28(37-21(2)38)22-11-13-33(7)26(30(22,3)4)12-14-35(9)27(33)25(39)19-23-24-20-32(6,29(36)40)16-15-31(24,5)17-18-34(23,35)8/h1,19,22,24,26-28H,11-18,20H2,2-9H3,(H2,36,40)(H,37,38)/t22-,24+,26?,27-,28?,31-,32+,33+,34-,35-/m1/s1. The number of primary amides is 1. The number of terminal acetylenes is 1. The van der Waals surface area contributed by atoms with Gasteiger partial charge in [0, 0.05) is 24.2 Å². The molecular weight excluding hydrogens is 512 g/mol. The second-order valence-corrected chi connectivity index (χ2v) is 16.4. The Labute approximate surface area is 247 Å². The van der Waals surface area contributed by atoms with E-state index in [1.807, 2.05) is 6.92 Å². The molecule has 41 heavy (non-hydrogen) atoms. The van der Waals surface area contributed by atoms with E-state index in [1.165, 1.54) is 12.5 Å². The van der Waals surface area contributed by atoms with Gasteiger partial charge in [-0.2, -0.15) is 0 Å². The number of carbonyl (C=O) groups excluding carboxylic acids is 3. The number of amides is 2. The van der Waals surface area contributed by atoms with Crippen LogP contribution in [0.5, 0.6) is 0 Å². The molecule has 5 aliphatic carbocycles. The lowest BCUT2D eigenvalue weighted by molar-refractivity contribution is -0.202. The van der Waals surface area contributed by atoms with Crippen molar-refractivity contribution in [1.82, 2.24) is 5.32 Å². The molecular formula is C35H52N2O4. The minimum atomic E-state index is -0.543. The van der Waals surface area contributed by atoms with Gasteiger partial charge in [0.2, 0.25) is 11.8 Å². The Morgan fingerprint density at radius 2 is 1.68 bits per heavy atom. The van der Waals surface area contributed by atoms with Crippen LogP contribution in [0.15, 0.2) is 11.6 Å². The first-order chi connectivity index (χ1) is 18.9. The molecule has 0 spiro atoms. The van der Waals surface area contributed by atoms with Gasteiger partial charge in [-0.25, -0.2) is 0 Å². The number of ether oxygens (including phenoxy) is 1. The number of nitrogens with one attached hydrogen (secondary N) is 1. The first-order valence-electron chi connectivity index (χ1n) is 15.8. The molecule has 2 amide bonds. The number of ketones is 1. The molecule has 2 unspecified atom stereocenters. The first-order valence-corrected chi connectivity index (χ1v) is 15.8. The summed E-state index contributed by atoms with van der Waals surface area (Å²) >= 11 is 0. The van der Waals surface area contributed by atoms with Crippen LogP contribution in [0, 0.1) is 68.7 Å². The summed E-state index contributed by atoms with van der Waals surface area (Å²) in [5, 5.41) is 2.96. The summed E-state index contributed by atoms with van der Waals surface area (Å²) in [5.41, 5.74) is 6.17. The zero-order chi connectivity index (χ0) is 30.4. The van der Waals surface area contributed by atoms with Gasteiger partial charge in [0.25, 0.3) is 0 Å². The maximum Gasteiger partial charge on any atom is 0.223 e. The predicted molar refractivity (Wildman–Crippen MR) is 160 cm³/mol. The molecule has 0 bridgehead atoms. The maximum atomic E-state index is 14.6. The van der Waals surface area contributed by atoms with E-state index in [0.717, 1.165) is 57.8 Å². The monoisotopic (exact) mass is 564 g/mol. The molecule has 0 aliphatic heterocycles. The Morgan fingerprint density at radius 3 is 2.29 bits per heavy atom. The quantitative estimate of drug-likeness (QED) is 0.317. The van der Waals surface area contributed by atoms with Crippen LogP contribution in [-0.4, -0.2) is 23.8 Å². The summed E-state index contributed by atoms with van der Waals surface area (Å²) in [5.74, 6) is 0.366. The van der Waals surface area contributed by atoms with E-state index in [2.05, 4.69) is 59.0 Å². The van der Waals surface area contributed by atoms with E-state index in [4.69, 9.17) is 16.9 Å². The highest BCUT2D eigenvalue weighted by molar-refractivity contribution is 5.95. The minimum Gasteiger partial charge on any atom is -0.421 e. The van der Waals surface area contributed by atoms with Crippen molar-refractivity contribution in [2.75, 3.05) is 0 Å². The van der Waals surface area contributed by atoms with Crippen LogP contribution in [0.2, 0.25) is 0 Å². The SMILES string of the molecule is C#COC(NC(C)=O)[C@H]1CC[C@@]2(C)C(CC[C@]3(C)[C@@H]2C(=O)C=C2[C@@H]4C[C@@](C)(C(N)=O)CC[C@]4(C)CC[C@]23C)C1(C)C. The Hall–Kier alpha value is -2.29. The average Bonchev–Trinajstić information content (AvgIpc) is 2.85. The molecule has 0 heterocycles. The van der Waals surface area contributed by atoms with E-state index in [9.17, 15) is 14.4 Å². The van der Waals surface area contributed by atoms with Crippen molar-refractivity contribution in [3.63, 3.8) is 0 Å². The molecule has 6 nitrogen and oxygen atoms in total. The largest absolute Gasteiger partial charge is 0.421 e. The zero-order valence-electron chi connectivity index (χ0n) is 26.6. The van der Waals surface area contributed by atoms with E-state index in [0.29, 0.717) is 0 Å². The average molecular weight is 565 g/mol. The molecule has 3 N–H and O–H groups in total. The summed E-state index contributed by atoms with van der Waals surface area (Å²) in [6.07, 6.45) is 17.8. The molecule has 0 aromatic heterocycles. The van der Waals surface area contributed by atoms with Gasteiger partial charge in [0.15, 0.2) is 12.0 Å². The van der Waals surface area contributed by atoms with Gasteiger partial charge in [-0.05, 0) is 103 Å². The van der Waals surface area contributed by atoms with E-state index >= 15 is 0 Å². The van der Waals surface area contributed by atoms with Crippen LogP contribution < -0.4 is 11.1 Å². The lowest BCUT2D eigenvalue weighted by atomic mass is 9.33. The van der Waals surface area contributed by atoms with Gasteiger partial charge < -0.3 is 15.8 Å². The van der Waals surface area contributed by atoms with E-state index < -0.39 is 11.6 Å². The van der Waals surface area contributed by atoms with Crippen molar-refractivity contribution < 1.29 is 19.1 Å². The number of hydrogen-bond acceptors (Lipinski definition) is 4. The maximum absolute atomic E-state index is 14.6. The van der Waals surface area contributed by atoms with Crippen molar-refractivity contribution in [3.8, 4) is 12.5 Å². The summed E-state index contributed by atoms with van der Waals surface area (Å²) in [6, 6.07) is 0. The molecule has 5 rings (SSSR count). The number of fused-ring (bicyclic) bond motifs is 7. The lowest BCUT2D eigenvalue weighted by Crippen LogP contribution is -2.67. The topological polar surface area (TPSA) is 98.5 Å². The van der Waals surface area contributed by atoms with Crippen molar-refractivity contribution in [2.45, 2.75) is 119 Å². The van der Waals surface area contributed by atoms with Gasteiger partial charge in [0.05, 0.1) is 0 Å². The van der Waals surface area contributed by atoms with Gasteiger partial charge in [-0.15, -0.1) is 0 Å². The van der Waals surface area contributed by atoms with Crippen LogP contribution in [0.25, 0.3) is 0 Å². The summed E-state index contributed by atoms with van der Waals surface area (Å²) in [4.78, 5) is 39.2. The third-order valence-electron chi connectivity index (χ3n) is 14.2. The van der Waals surface area contributed by atoms with Crippen molar-refractivity contribution in [2.24, 2.45) is 61.9 Å². The Kier molecular flexibility index (Phi) is 6.88. The second-order valence-electron chi connectivity index (χ2n) is 16.4. The second kappa shape index (κ2) is 9.35. The van der Waals surface area contributed by atoms with Crippen molar-refractivity contribution in [1.29, 1.82) is 0 Å². The fourth-order valence-electron chi connectivity index (χ4n) is 11.5. The number of carbonyl (C=O) groups is 3. The molecule has 4 saturated carbocycles. The van der Waals surface area contributed by atoms with E-state index in [-0.39, 0.29) is 68.3 Å². The molecule has 10 atom stereocenters.